The Labute approximate surface area is 80.7 Å². The van der Waals surface area contributed by atoms with E-state index in [4.69, 9.17) is 0 Å². The number of amides is 1. The Bertz CT molecular complexity index is 159. The molecule has 2 unspecified atom stereocenters. The summed E-state index contributed by atoms with van der Waals surface area (Å²) in [4.78, 5) is 13.4. The summed E-state index contributed by atoms with van der Waals surface area (Å²) in [5.74, 6) is 0.0526. The molecule has 0 aliphatic carbocycles. The van der Waals surface area contributed by atoms with Crippen molar-refractivity contribution in [1.29, 1.82) is 0 Å². The van der Waals surface area contributed by atoms with Crippen LogP contribution < -0.4 is 10.6 Å². The highest BCUT2D eigenvalue weighted by atomic mass is 16.2. The molecule has 0 aromatic rings. The van der Waals surface area contributed by atoms with Crippen molar-refractivity contribution in [3.8, 4) is 0 Å². The molecule has 0 rings (SSSR count). The standard InChI is InChI=1S/C9H21N3O/c1-7(6-12(4)5)11-9(13)8(2)10-3/h7-8,10H,6H2,1-5H3,(H,11,13). The van der Waals surface area contributed by atoms with Crippen LogP contribution in [0.5, 0.6) is 0 Å². The Morgan fingerprint density at radius 1 is 1.38 bits per heavy atom. The summed E-state index contributed by atoms with van der Waals surface area (Å²) in [6, 6.07) is 0.0721. The maximum Gasteiger partial charge on any atom is 0.237 e. The van der Waals surface area contributed by atoms with Gasteiger partial charge in [0.2, 0.25) is 5.91 Å². The molecule has 0 heterocycles. The minimum absolute atomic E-state index is 0.0526. The highest BCUT2D eigenvalue weighted by Gasteiger charge is 2.12. The third-order valence-electron chi connectivity index (χ3n) is 1.85. The van der Waals surface area contributed by atoms with Gasteiger partial charge in [-0.2, -0.15) is 0 Å². The van der Waals surface area contributed by atoms with Gasteiger partial charge >= 0.3 is 0 Å². The molecule has 0 aliphatic rings. The van der Waals surface area contributed by atoms with Crippen molar-refractivity contribution >= 4 is 5.91 Å². The number of nitrogens with zero attached hydrogens (tertiary/aromatic N) is 1. The van der Waals surface area contributed by atoms with E-state index in [0.29, 0.717) is 0 Å². The van der Waals surface area contributed by atoms with Crippen molar-refractivity contribution in [1.82, 2.24) is 15.5 Å². The molecule has 13 heavy (non-hydrogen) atoms. The second-order valence-electron chi connectivity index (χ2n) is 3.68. The first-order chi connectivity index (χ1) is 5.97. The smallest absolute Gasteiger partial charge is 0.237 e. The summed E-state index contributed by atoms with van der Waals surface area (Å²) in [5.41, 5.74) is 0. The van der Waals surface area contributed by atoms with E-state index in [1.165, 1.54) is 0 Å². The molecule has 0 spiro atoms. The first-order valence-corrected chi connectivity index (χ1v) is 4.59. The van der Waals surface area contributed by atoms with Gasteiger partial charge in [-0.1, -0.05) is 0 Å². The second-order valence-corrected chi connectivity index (χ2v) is 3.68. The minimum atomic E-state index is -0.121. The summed E-state index contributed by atoms with van der Waals surface area (Å²) >= 11 is 0. The monoisotopic (exact) mass is 187 g/mol. The number of likely N-dealkylation sites (N-methyl/N-ethyl adjacent to an activating group) is 2. The SMILES string of the molecule is CNC(C)C(=O)NC(C)CN(C)C. The Morgan fingerprint density at radius 3 is 2.31 bits per heavy atom. The summed E-state index contributed by atoms with van der Waals surface area (Å²) in [5, 5.41) is 5.82. The second kappa shape index (κ2) is 5.94. The molecule has 2 N–H and O–H groups in total. The highest BCUT2D eigenvalue weighted by molar-refractivity contribution is 5.81. The van der Waals surface area contributed by atoms with Crippen LogP contribution in [0.15, 0.2) is 0 Å². The van der Waals surface area contributed by atoms with Gasteiger partial charge in [-0.05, 0) is 35.0 Å². The lowest BCUT2D eigenvalue weighted by Gasteiger charge is -2.20. The van der Waals surface area contributed by atoms with Crippen molar-refractivity contribution < 1.29 is 4.79 Å². The number of carbonyl (C=O) groups is 1. The molecule has 0 saturated carbocycles. The molecule has 2 atom stereocenters. The molecular formula is C9H21N3O. The van der Waals surface area contributed by atoms with E-state index in [9.17, 15) is 4.79 Å². The third kappa shape index (κ3) is 5.60. The first-order valence-electron chi connectivity index (χ1n) is 4.59. The molecule has 0 aromatic carbocycles. The van der Waals surface area contributed by atoms with Gasteiger partial charge in [0.15, 0.2) is 0 Å². The van der Waals surface area contributed by atoms with Crippen LogP contribution in [0.3, 0.4) is 0 Å². The van der Waals surface area contributed by atoms with E-state index in [-0.39, 0.29) is 18.0 Å². The maximum atomic E-state index is 11.4. The topological polar surface area (TPSA) is 44.4 Å². The lowest BCUT2D eigenvalue weighted by molar-refractivity contribution is -0.123. The molecule has 4 heteroatoms. The highest BCUT2D eigenvalue weighted by Crippen LogP contribution is 1.87. The summed E-state index contributed by atoms with van der Waals surface area (Å²) in [7, 11) is 5.76. The molecule has 0 bridgehead atoms. The van der Waals surface area contributed by atoms with E-state index in [1.54, 1.807) is 7.05 Å². The van der Waals surface area contributed by atoms with Crippen molar-refractivity contribution in [3.05, 3.63) is 0 Å². The van der Waals surface area contributed by atoms with Gasteiger partial charge < -0.3 is 15.5 Å². The van der Waals surface area contributed by atoms with Crippen molar-refractivity contribution in [2.24, 2.45) is 0 Å². The van der Waals surface area contributed by atoms with Crippen molar-refractivity contribution in [2.45, 2.75) is 25.9 Å². The fraction of sp³-hybridized carbons (Fsp3) is 0.889. The molecule has 0 aromatic heterocycles. The molecule has 0 radical (unpaired) electrons. The Hall–Kier alpha value is -0.610. The van der Waals surface area contributed by atoms with Crippen LogP contribution >= 0.6 is 0 Å². The average molecular weight is 187 g/mol. The number of rotatable bonds is 5. The van der Waals surface area contributed by atoms with E-state index in [2.05, 4.69) is 15.5 Å². The largest absolute Gasteiger partial charge is 0.351 e. The van der Waals surface area contributed by atoms with E-state index < -0.39 is 0 Å². The Kier molecular flexibility index (Phi) is 5.66. The molecule has 78 valence electrons. The first kappa shape index (κ1) is 12.4. The van der Waals surface area contributed by atoms with Gasteiger partial charge in [0.1, 0.15) is 0 Å². The van der Waals surface area contributed by atoms with Crippen LogP contribution in [0.2, 0.25) is 0 Å². The van der Waals surface area contributed by atoms with Gasteiger partial charge in [-0.3, -0.25) is 4.79 Å². The zero-order valence-corrected chi connectivity index (χ0v) is 9.22. The van der Waals surface area contributed by atoms with Gasteiger partial charge in [0.05, 0.1) is 6.04 Å². The number of carbonyl (C=O) groups excluding carboxylic acids is 1. The van der Waals surface area contributed by atoms with E-state index >= 15 is 0 Å². The predicted octanol–water partition coefficient (Wildman–Crippen LogP) is -0.339. The fourth-order valence-corrected chi connectivity index (χ4v) is 1.09. The Morgan fingerprint density at radius 2 is 1.92 bits per heavy atom. The quantitative estimate of drug-likeness (QED) is 0.619. The zero-order chi connectivity index (χ0) is 10.4. The maximum absolute atomic E-state index is 11.4. The number of hydrogen-bond acceptors (Lipinski definition) is 3. The van der Waals surface area contributed by atoms with Crippen LogP contribution in [0.1, 0.15) is 13.8 Å². The predicted molar refractivity (Wildman–Crippen MR) is 54.7 cm³/mol. The van der Waals surface area contributed by atoms with Gasteiger partial charge in [-0.25, -0.2) is 0 Å². The minimum Gasteiger partial charge on any atom is -0.351 e. The molecule has 0 aliphatic heterocycles. The molecular weight excluding hydrogens is 166 g/mol. The molecule has 4 nitrogen and oxygen atoms in total. The van der Waals surface area contributed by atoms with Gasteiger partial charge in [0.25, 0.3) is 0 Å². The normalized spacial score (nSPS) is 15.5. The van der Waals surface area contributed by atoms with Crippen LogP contribution in [0.25, 0.3) is 0 Å². The fourth-order valence-electron chi connectivity index (χ4n) is 1.09. The lowest BCUT2D eigenvalue weighted by Crippen LogP contribution is -2.47. The van der Waals surface area contributed by atoms with Gasteiger partial charge in [-0.15, -0.1) is 0 Å². The number of hydrogen-bond donors (Lipinski definition) is 2. The summed E-state index contributed by atoms with van der Waals surface area (Å²) in [6.07, 6.45) is 0. The van der Waals surface area contributed by atoms with Crippen LogP contribution in [0, 0.1) is 0 Å². The third-order valence-corrected chi connectivity index (χ3v) is 1.85. The zero-order valence-electron chi connectivity index (χ0n) is 9.22. The Balaban J connectivity index is 3.77. The van der Waals surface area contributed by atoms with Crippen molar-refractivity contribution in [3.63, 3.8) is 0 Å². The summed E-state index contributed by atoms with van der Waals surface area (Å²) in [6.45, 7) is 4.71. The van der Waals surface area contributed by atoms with E-state index in [1.807, 2.05) is 27.9 Å². The van der Waals surface area contributed by atoms with Crippen molar-refractivity contribution in [2.75, 3.05) is 27.7 Å². The van der Waals surface area contributed by atoms with Crippen LogP contribution in [-0.2, 0) is 4.79 Å². The average Bonchev–Trinajstić information content (AvgIpc) is 2.01. The molecule has 0 fully saturated rings. The van der Waals surface area contributed by atoms with Crippen LogP contribution in [-0.4, -0.2) is 50.6 Å². The number of nitrogens with one attached hydrogen (secondary N) is 2. The van der Waals surface area contributed by atoms with Gasteiger partial charge in [0, 0.05) is 12.6 Å². The van der Waals surface area contributed by atoms with E-state index in [0.717, 1.165) is 6.54 Å². The molecule has 1 amide bonds. The summed E-state index contributed by atoms with van der Waals surface area (Å²) < 4.78 is 0. The molecule has 0 saturated heterocycles. The van der Waals surface area contributed by atoms with Crippen LogP contribution in [0.4, 0.5) is 0 Å². The lowest BCUT2D eigenvalue weighted by atomic mass is 10.2.